The van der Waals surface area contributed by atoms with E-state index in [0.29, 0.717) is 0 Å². The molecule has 0 rings (SSSR count). The molecular weight excluding hydrogens is 176 g/mol. The van der Waals surface area contributed by atoms with Crippen molar-refractivity contribution >= 4 is 6.29 Å². The molecule has 0 aliphatic rings. The minimum absolute atomic E-state index is 0.159. The van der Waals surface area contributed by atoms with Crippen LogP contribution in [0.15, 0.2) is 37.2 Å². The number of likely N-dealkylation sites (N-methyl/N-ethyl adjacent to an activating group) is 1. The van der Waals surface area contributed by atoms with Crippen molar-refractivity contribution in [2.24, 2.45) is 0 Å². The van der Waals surface area contributed by atoms with Crippen molar-refractivity contribution in [2.45, 2.75) is 6.04 Å². The maximum absolute atomic E-state index is 10.6. The zero-order chi connectivity index (χ0) is 11.0. The van der Waals surface area contributed by atoms with E-state index in [1.54, 1.807) is 6.20 Å². The molecule has 1 atom stereocenters. The highest BCUT2D eigenvalue weighted by Crippen LogP contribution is 1.92. The topological polar surface area (TPSA) is 23.6 Å². The fourth-order valence-corrected chi connectivity index (χ4v) is 0.764. The number of hydrogen-bond acceptors (Lipinski definition) is 3. The molecule has 3 nitrogen and oxygen atoms in total. The summed E-state index contributed by atoms with van der Waals surface area (Å²) in [4.78, 5) is 14.3. The minimum Gasteiger partial charge on any atom is -0.358 e. The number of nitrogens with zero attached hydrogens (tertiary/aromatic N) is 2. The van der Waals surface area contributed by atoms with Crippen LogP contribution in [0.25, 0.3) is 0 Å². The summed E-state index contributed by atoms with van der Waals surface area (Å²) in [7, 11) is 5.62. The lowest BCUT2D eigenvalue weighted by molar-refractivity contribution is -0.110. The van der Waals surface area contributed by atoms with Gasteiger partial charge in [0.25, 0.3) is 0 Å². The zero-order valence-electron chi connectivity index (χ0n) is 9.05. The molecule has 3 heteroatoms. The molecule has 1 unspecified atom stereocenters. The van der Waals surface area contributed by atoms with Crippen molar-refractivity contribution in [3.63, 3.8) is 0 Å². The van der Waals surface area contributed by atoms with Crippen LogP contribution in [0.1, 0.15) is 0 Å². The molecule has 0 N–H and O–H groups in total. The van der Waals surface area contributed by atoms with Crippen LogP contribution in [0.4, 0.5) is 0 Å². The van der Waals surface area contributed by atoms with E-state index in [-0.39, 0.29) is 6.04 Å². The van der Waals surface area contributed by atoms with Crippen molar-refractivity contribution < 1.29 is 4.79 Å². The Bertz CT molecular complexity index is 231. The fraction of sp³-hybridized carbons (Fsp3) is 0.364. The van der Waals surface area contributed by atoms with Gasteiger partial charge < -0.3 is 9.69 Å². The van der Waals surface area contributed by atoms with E-state index in [4.69, 9.17) is 0 Å². The Morgan fingerprint density at radius 3 is 2.29 bits per heavy atom. The molecule has 0 saturated heterocycles. The van der Waals surface area contributed by atoms with Gasteiger partial charge in [0, 0.05) is 13.2 Å². The van der Waals surface area contributed by atoms with Gasteiger partial charge >= 0.3 is 0 Å². The highest BCUT2D eigenvalue weighted by molar-refractivity contribution is 5.60. The van der Waals surface area contributed by atoms with E-state index in [1.165, 1.54) is 0 Å². The number of rotatable bonds is 6. The smallest absolute Gasteiger partial charge is 0.141 e. The van der Waals surface area contributed by atoms with Crippen LogP contribution in [0.3, 0.4) is 0 Å². The maximum atomic E-state index is 10.6. The van der Waals surface area contributed by atoms with Crippen molar-refractivity contribution in [3.05, 3.63) is 37.2 Å². The number of carbonyl (C=O) groups excluding carboxylic acids is 1. The van der Waals surface area contributed by atoms with Crippen molar-refractivity contribution in [1.29, 1.82) is 0 Å². The third kappa shape index (κ3) is 5.32. The first-order valence-electron chi connectivity index (χ1n) is 4.43. The standard InChI is InChI=1S/C11H18N2O/c1-5-13(4)9-7-6-8-11(10-14)12(2)3/h5-11H,1H2,2-4H3/b8-6-,9-7+. The van der Waals surface area contributed by atoms with E-state index in [0.717, 1.165) is 6.29 Å². The van der Waals surface area contributed by atoms with Crippen LogP contribution in [0.2, 0.25) is 0 Å². The number of allylic oxidation sites excluding steroid dienone is 2. The highest BCUT2D eigenvalue weighted by Gasteiger charge is 2.02. The van der Waals surface area contributed by atoms with Crippen molar-refractivity contribution in [3.8, 4) is 0 Å². The second kappa shape index (κ2) is 7.09. The molecule has 0 aliphatic carbocycles. The van der Waals surface area contributed by atoms with Gasteiger partial charge in [-0.1, -0.05) is 18.7 Å². The average Bonchev–Trinajstić information content (AvgIpc) is 2.16. The van der Waals surface area contributed by atoms with E-state index < -0.39 is 0 Å². The van der Waals surface area contributed by atoms with Gasteiger partial charge in [0.15, 0.2) is 0 Å². The van der Waals surface area contributed by atoms with Gasteiger partial charge in [-0.05, 0) is 26.4 Å². The summed E-state index contributed by atoms with van der Waals surface area (Å²) in [5.41, 5.74) is 0. The Hall–Kier alpha value is -1.35. The molecule has 0 radical (unpaired) electrons. The van der Waals surface area contributed by atoms with E-state index >= 15 is 0 Å². The fourth-order valence-electron chi connectivity index (χ4n) is 0.764. The molecule has 0 amide bonds. The lowest BCUT2D eigenvalue weighted by atomic mass is 10.3. The molecule has 0 saturated carbocycles. The monoisotopic (exact) mass is 194 g/mol. The van der Waals surface area contributed by atoms with Crippen LogP contribution in [-0.2, 0) is 4.79 Å². The largest absolute Gasteiger partial charge is 0.358 e. The lowest BCUT2D eigenvalue weighted by Gasteiger charge is -2.13. The molecular formula is C11H18N2O. The molecule has 0 heterocycles. The molecule has 0 aromatic heterocycles. The van der Waals surface area contributed by atoms with Gasteiger partial charge in [0.05, 0.1) is 6.04 Å². The quantitative estimate of drug-likeness (QED) is 0.470. The number of carbonyl (C=O) groups is 1. The van der Waals surface area contributed by atoms with Crippen molar-refractivity contribution in [2.75, 3.05) is 21.1 Å². The average molecular weight is 194 g/mol. The first-order chi connectivity index (χ1) is 6.61. The van der Waals surface area contributed by atoms with Gasteiger partial charge in [-0.2, -0.15) is 0 Å². The Labute approximate surface area is 86.0 Å². The first-order valence-corrected chi connectivity index (χ1v) is 4.43. The van der Waals surface area contributed by atoms with Crippen molar-refractivity contribution in [1.82, 2.24) is 9.80 Å². The second-order valence-electron chi connectivity index (χ2n) is 3.16. The Balaban J connectivity index is 4.09. The molecule has 0 bridgehead atoms. The third-order valence-corrected chi connectivity index (χ3v) is 1.76. The summed E-state index contributed by atoms with van der Waals surface area (Å²) in [5.74, 6) is 0. The predicted octanol–water partition coefficient (Wildman–Crippen LogP) is 1.26. The van der Waals surface area contributed by atoms with E-state index in [9.17, 15) is 4.79 Å². The summed E-state index contributed by atoms with van der Waals surface area (Å²) in [6.07, 6.45) is 10.0. The SMILES string of the molecule is C=CN(C)/C=C/C=C\C(C=O)N(C)C. The summed E-state index contributed by atoms with van der Waals surface area (Å²) in [6.45, 7) is 3.61. The molecule has 0 fully saturated rings. The second-order valence-corrected chi connectivity index (χ2v) is 3.16. The van der Waals surface area contributed by atoms with Gasteiger partial charge in [0.1, 0.15) is 6.29 Å². The van der Waals surface area contributed by atoms with Gasteiger partial charge in [0.2, 0.25) is 0 Å². The molecule has 0 aromatic carbocycles. The van der Waals surface area contributed by atoms with Gasteiger partial charge in [-0.25, -0.2) is 0 Å². The molecule has 14 heavy (non-hydrogen) atoms. The van der Waals surface area contributed by atoms with Crippen LogP contribution in [-0.4, -0.2) is 43.3 Å². The lowest BCUT2D eigenvalue weighted by Crippen LogP contribution is -2.26. The Kier molecular flexibility index (Phi) is 6.41. The Morgan fingerprint density at radius 1 is 1.21 bits per heavy atom. The molecule has 0 aromatic rings. The normalized spacial score (nSPS) is 13.7. The van der Waals surface area contributed by atoms with Crippen LogP contribution >= 0.6 is 0 Å². The van der Waals surface area contributed by atoms with Gasteiger partial charge in [-0.15, -0.1) is 0 Å². The van der Waals surface area contributed by atoms with Gasteiger partial charge in [-0.3, -0.25) is 4.90 Å². The van der Waals surface area contributed by atoms with Crippen LogP contribution in [0, 0.1) is 0 Å². The first kappa shape index (κ1) is 12.7. The zero-order valence-corrected chi connectivity index (χ0v) is 9.05. The number of hydrogen-bond donors (Lipinski definition) is 0. The maximum Gasteiger partial charge on any atom is 0.141 e. The molecule has 0 aliphatic heterocycles. The highest BCUT2D eigenvalue weighted by atomic mass is 16.1. The Morgan fingerprint density at radius 2 is 1.86 bits per heavy atom. The molecule has 78 valence electrons. The summed E-state index contributed by atoms with van der Waals surface area (Å²) >= 11 is 0. The number of aldehydes is 1. The van der Waals surface area contributed by atoms with Crippen LogP contribution < -0.4 is 0 Å². The van der Waals surface area contributed by atoms with E-state index in [2.05, 4.69) is 6.58 Å². The molecule has 0 spiro atoms. The third-order valence-electron chi connectivity index (χ3n) is 1.76. The van der Waals surface area contributed by atoms with Crippen LogP contribution in [0.5, 0.6) is 0 Å². The summed E-state index contributed by atoms with van der Waals surface area (Å²) < 4.78 is 0. The summed E-state index contributed by atoms with van der Waals surface area (Å²) in [5, 5.41) is 0. The van der Waals surface area contributed by atoms with E-state index in [1.807, 2.05) is 55.4 Å². The summed E-state index contributed by atoms with van der Waals surface area (Å²) in [6, 6.07) is -0.159. The predicted molar refractivity (Wildman–Crippen MR) is 59.8 cm³/mol. The minimum atomic E-state index is -0.159.